The third kappa shape index (κ3) is 5.49. The molecule has 7 heteroatoms. The second-order valence-corrected chi connectivity index (χ2v) is 9.99. The summed E-state index contributed by atoms with van der Waals surface area (Å²) in [5.41, 5.74) is 1.35. The van der Waals surface area contributed by atoms with Gasteiger partial charge in [-0.05, 0) is 54.5 Å². The summed E-state index contributed by atoms with van der Waals surface area (Å²) in [5.74, 6) is 1.72. The highest BCUT2D eigenvalue weighted by molar-refractivity contribution is 7.99. The third-order valence-electron chi connectivity index (χ3n) is 4.59. The zero-order valence-corrected chi connectivity index (χ0v) is 17.1. The number of nitrogens with zero attached hydrogens (tertiary/aromatic N) is 1. The molecule has 0 unspecified atom stereocenters. The molecule has 144 valence electrons. The van der Waals surface area contributed by atoms with Crippen LogP contribution >= 0.6 is 11.8 Å². The van der Waals surface area contributed by atoms with Gasteiger partial charge in [-0.2, -0.15) is 0 Å². The zero-order valence-electron chi connectivity index (χ0n) is 15.5. The Bertz CT molecular complexity index is 907. The molecule has 3 rings (SSSR count). The summed E-state index contributed by atoms with van der Waals surface area (Å²) in [6.07, 6.45) is 5.14. The predicted octanol–water partition coefficient (Wildman–Crippen LogP) is 4.23. The second kappa shape index (κ2) is 8.35. The molecule has 0 aromatic heterocycles. The molecule has 1 saturated carbocycles. The standard InChI is InChI=1S/C20H24N2O3S2/c1-22(27(2,24)25)19-6-4-3-5-18(19)20(23)21-16-9-11-17(12-10-16)26-14-13-15-7-8-15/h3-6,9-12,15H,7-8,13-14H2,1-2H3,(H,21,23). The molecule has 1 aliphatic rings. The van der Waals surface area contributed by atoms with Gasteiger partial charge in [-0.1, -0.05) is 25.0 Å². The normalized spacial score (nSPS) is 14.0. The topological polar surface area (TPSA) is 66.5 Å². The van der Waals surface area contributed by atoms with Crippen molar-refractivity contribution in [3.63, 3.8) is 0 Å². The molecule has 1 aliphatic carbocycles. The van der Waals surface area contributed by atoms with Gasteiger partial charge in [-0.15, -0.1) is 11.8 Å². The first-order valence-electron chi connectivity index (χ1n) is 8.92. The summed E-state index contributed by atoms with van der Waals surface area (Å²) in [4.78, 5) is 13.9. The fourth-order valence-electron chi connectivity index (χ4n) is 2.70. The van der Waals surface area contributed by atoms with Crippen LogP contribution in [0.15, 0.2) is 53.4 Å². The van der Waals surface area contributed by atoms with Gasteiger partial charge in [0.2, 0.25) is 10.0 Å². The maximum Gasteiger partial charge on any atom is 0.257 e. The quantitative estimate of drug-likeness (QED) is 0.669. The molecule has 0 heterocycles. The molecular formula is C20H24N2O3S2. The van der Waals surface area contributed by atoms with Gasteiger partial charge in [0.25, 0.3) is 5.91 Å². The molecule has 1 amide bonds. The van der Waals surface area contributed by atoms with Crippen LogP contribution in [0.1, 0.15) is 29.6 Å². The van der Waals surface area contributed by atoms with Gasteiger partial charge in [-0.3, -0.25) is 9.10 Å². The molecule has 2 aromatic rings. The van der Waals surface area contributed by atoms with Crippen LogP contribution in [-0.4, -0.2) is 33.4 Å². The van der Waals surface area contributed by atoms with Crippen LogP contribution in [0.2, 0.25) is 0 Å². The molecule has 1 fully saturated rings. The summed E-state index contributed by atoms with van der Waals surface area (Å²) < 4.78 is 24.8. The van der Waals surface area contributed by atoms with Gasteiger partial charge in [0.15, 0.2) is 0 Å². The first kappa shape index (κ1) is 19.8. The number of para-hydroxylation sites is 1. The Kier molecular flexibility index (Phi) is 6.11. The van der Waals surface area contributed by atoms with Crippen molar-refractivity contribution in [3.05, 3.63) is 54.1 Å². The van der Waals surface area contributed by atoms with E-state index in [-0.39, 0.29) is 5.91 Å². The maximum absolute atomic E-state index is 12.7. The molecule has 5 nitrogen and oxygen atoms in total. The largest absolute Gasteiger partial charge is 0.322 e. The van der Waals surface area contributed by atoms with Gasteiger partial charge in [0.05, 0.1) is 17.5 Å². The van der Waals surface area contributed by atoms with Crippen molar-refractivity contribution in [1.82, 2.24) is 0 Å². The molecule has 27 heavy (non-hydrogen) atoms. The fourth-order valence-corrected chi connectivity index (χ4v) is 4.23. The van der Waals surface area contributed by atoms with Crippen molar-refractivity contribution in [1.29, 1.82) is 0 Å². The molecule has 1 N–H and O–H groups in total. The van der Waals surface area contributed by atoms with E-state index in [0.717, 1.165) is 22.2 Å². The van der Waals surface area contributed by atoms with Gasteiger partial charge in [0.1, 0.15) is 0 Å². The summed E-state index contributed by atoms with van der Waals surface area (Å²) in [6.45, 7) is 0. The number of hydrogen-bond donors (Lipinski definition) is 1. The summed E-state index contributed by atoms with van der Waals surface area (Å²) in [7, 11) is -2.01. The highest BCUT2D eigenvalue weighted by atomic mass is 32.2. The number of benzene rings is 2. The van der Waals surface area contributed by atoms with Gasteiger partial charge < -0.3 is 5.32 Å². The average Bonchev–Trinajstić information content (AvgIpc) is 3.46. The number of carbonyl (C=O) groups is 1. The van der Waals surface area contributed by atoms with E-state index in [1.165, 1.54) is 31.2 Å². The lowest BCUT2D eigenvalue weighted by Gasteiger charge is -2.19. The van der Waals surface area contributed by atoms with Crippen molar-refractivity contribution in [3.8, 4) is 0 Å². The Hall–Kier alpha value is -1.99. The van der Waals surface area contributed by atoms with Gasteiger partial charge in [0, 0.05) is 17.6 Å². The first-order valence-corrected chi connectivity index (χ1v) is 11.7. The number of carbonyl (C=O) groups excluding carboxylic acids is 1. The highest BCUT2D eigenvalue weighted by Gasteiger charge is 2.21. The van der Waals surface area contributed by atoms with Crippen molar-refractivity contribution >= 4 is 39.1 Å². The Balaban J connectivity index is 1.66. The molecule has 0 radical (unpaired) electrons. The monoisotopic (exact) mass is 404 g/mol. The molecule has 0 spiro atoms. The minimum absolute atomic E-state index is 0.313. The van der Waals surface area contributed by atoms with E-state index in [1.54, 1.807) is 24.3 Å². The molecule has 0 bridgehead atoms. The zero-order chi connectivity index (χ0) is 19.4. The van der Waals surface area contributed by atoms with E-state index in [4.69, 9.17) is 0 Å². The number of amides is 1. The Morgan fingerprint density at radius 1 is 1.15 bits per heavy atom. The van der Waals surface area contributed by atoms with Crippen LogP contribution in [-0.2, 0) is 10.0 Å². The Morgan fingerprint density at radius 2 is 1.81 bits per heavy atom. The van der Waals surface area contributed by atoms with E-state index >= 15 is 0 Å². The first-order chi connectivity index (χ1) is 12.8. The number of hydrogen-bond acceptors (Lipinski definition) is 4. The van der Waals surface area contributed by atoms with Gasteiger partial charge in [-0.25, -0.2) is 8.42 Å². The molecule has 0 saturated heterocycles. The summed E-state index contributed by atoms with van der Waals surface area (Å²) in [5, 5.41) is 2.85. The van der Waals surface area contributed by atoms with Crippen LogP contribution in [0.25, 0.3) is 0 Å². The van der Waals surface area contributed by atoms with E-state index < -0.39 is 10.0 Å². The van der Waals surface area contributed by atoms with Crippen molar-refractivity contribution in [2.75, 3.05) is 28.7 Å². The number of sulfonamides is 1. The molecule has 0 aliphatic heterocycles. The van der Waals surface area contributed by atoms with E-state index in [1.807, 2.05) is 36.0 Å². The Morgan fingerprint density at radius 3 is 2.44 bits per heavy atom. The molecule has 2 aromatic carbocycles. The minimum Gasteiger partial charge on any atom is -0.322 e. The summed E-state index contributed by atoms with van der Waals surface area (Å²) >= 11 is 1.84. The average molecular weight is 405 g/mol. The minimum atomic E-state index is -3.45. The molecule has 0 atom stereocenters. The van der Waals surface area contributed by atoms with Crippen molar-refractivity contribution < 1.29 is 13.2 Å². The SMILES string of the molecule is CN(c1ccccc1C(=O)Nc1ccc(SCCC2CC2)cc1)S(C)(=O)=O. The second-order valence-electron chi connectivity index (χ2n) is 6.81. The van der Waals surface area contributed by atoms with Gasteiger partial charge >= 0.3 is 0 Å². The predicted molar refractivity (Wildman–Crippen MR) is 112 cm³/mol. The lowest BCUT2D eigenvalue weighted by molar-refractivity contribution is 0.102. The smallest absolute Gasteiger partial charge is 0.257 e. The van der Waals surface area contributed by atoms with Crippen LogP contribution in [0.5, 0.6) is 0 Å². The third-order valence-corrected chi connectivity index (χ3v) is 6.83. The van der Waals surface area contributed by atoms with Crippen LogP contribution in [0, 0.1) is 5.92 Å². The van der Waals surface area contributed by atoms with Crippen LogP contribution < -0.4 is 9.62 Å². The van der Waals surface area contributed by atoms with E-state index in [0.29, 0.717) is 16.9 Å². The fraction of sp³-hybridized carbons (Fsp3) is 0.350. The Labute approximate surface area is 165 Å². The van der Waals surface area contributed by atoms with Crippen LogP contribution in [0.3, 0.4) is 0 Å². The van der Waals surface area contributed by atoms with Crippen molar-refractivity contribution in [2.45, 2.75) is 24.2 Å². The number of nitrogens with one attached hydrogen (secondary N) is 1. The molecular weight excluding hydrogens is 380 g/mol. The number of thioether (sulfide) groups is 1. The lowest BCUT2D eigenvalue weighted by atomic mass is 10.1. The van der Waals surface area contributed by atoms with E-state index in [9.17, 15) is 13.2 Å². The number of rotatable bonds is 8. The number of anilines is 2. The maximum atomic E-state index is 12.7. The van der Waals surface area contributed by atoms with Crippen molar-refractivity contribution in [2.24, 2.45) is 5.92 Å². The highest BCUT2D eigenvalue weighted by Crippen LogP contribution is 2.34. The van der Waals surface area contributed by atoms with E-state index in [2.05, 4.69) is 5.32 Å². The lowest BCUT2D eigenvalue weighted by Crippen LogP contribution is -2.27. The summed E-state index contributed by atoms with van der Waals surface area (Å²) in [6, 6.07) is 14.4. The van der Waals surface area contributed by atoms with Crippen LogP contribution in [0.4, 0.5) is 11.4 Å².